The van der Waals surface area contributed by atoms with Crippen LogP contribution in [0.1, 0.15) is 22.4 Å². The van der Waals surface area contributed by atoms with Gasteiger partial charge in [-0.2, -0.15) is 5.10 Å². The lowest BCUT2D eigenvalue weighted by atomic mass is 10.1. The van der Waals surface area contributed by atoms with Gasteiger partial charge in [0.1, 0.15) is 0 Å². The van der Waals surface area contributed by atoms with Crippen LogP contribution in [-0.2, 0) is 13.1 Å². The van der Waals surface area contributed by atoms with Crippen molar-refractivity contribution in [2.45, 2.75) is 26.9 Å². The van der Waals surface area contributed by atoms with Crippen LogP contribution >= 0.6 is 0 Å². The van der Waals surface area contributed by atoms with E-state index < -0.39 is 0 Å². The Morgan fingerprint density at radius 2 is 2.12 bits per heavy atom. The highest BCUT2D eigenvalue weighted by molar-refractivity contribution is 5.22. The number of benzene rings is 1. The van der Waals surface area contributed by atoms with E-state index in [1.54, 1.807) is 0 Å². The molecule has 0 saturated carbocycles. The Kier molecular flexibility index (Phi) is 3.37. The van der Waals surface area contributed by atoms with E-state index in [1.165, 1.54) is 16.7 Å². The molecule has 1 heterocycles. The predicted molar refractivity (Wildman–Crippen MR) is 65.0 cm³/mol. The standard InChI is InChI=1S/C13H17N3/c1-10-4-3-5-12(6-10)7-14-8-13-9-15-16-11(13)2/h3-6,9,14H,7-8H2,1-2H3,(H,15,16). The van der Waals surface area contributed by atoms with Crippen molar-refractivity contribution in [2.75, 3.05) is 0 Å². The lowest BCUT2D eigenvalue weighted by molar-refractivity contribution is 0.690. The van der Waals surface area contributed by atoms with Crippen LogP contribution in [-0.4, -0.2) is 10.2 Å². The molecule has 84 valence electrons. The quantitative estimate of drug-likeness (QED) is 0.821. The summed E-state index contributed by atoms with van der Waals surface area (Å²) in [6.45, 7) is 5.91. The van der Waals surface area contributed by atoms with Gasteiger partial charge in [0.15, 0.2) is 0 Å². The third kappa shape index (κ3) is 2.70. The third-order valence-corrected chi connectivity index (χ3v) is 2.66. The fraction of sp³-hybridized carbons (Fsp3) is 0.308. The van der Waals surface area contributed by atoms with Crippen LogP contribution < -0.4 is 5.32 Å². The molecule has 2 aromatic rings. The Hall–Kier alpha value is -1.61. The van der Waals surface area contributed by atoms with Gasteiger partial charge in [-0.05, 0) is 19.4 Å². The van der Waals surface area contributed by atoms with Crippen LogP contribution in [0.2, 0.25) is 0 Å². The van der Waals surface area contributed by atoms with Crippen molar-refractivity contribution in [2.24, 2.45) is 0 Å². The number of nitrogens with one attached hydrogen (secondary N) is 2. The second kappa shape index (κ2) is 4.94. The van der Waals surface area contributed by atoms with Crippen LogP contribution in [0.5, 0.6) is 0 Å². The lowest BCUT2D eigenvalue weighted by Crippen LogP contribution is -2.12. The molecule has 1 aromatic heterocycles. The Morgan fingerprint density at radius 3 is 2.81 bits per heavy atom. The minimum absolute atomic E-state index is 0.857. The number of H-pyrrole nitrogens is 1. The fourth-order valence-corrected chi connectivity index (χ4v) is 1.72. The number of rotatable bonds is 4. The zero-order chi connectivity index (χ0) is 11.4. The molecule has 0 aliphatic heterocycles. The highest BCUT2D eigenvalue weighted by Crippen LogP contribution is 2.05. The third-order valence-electron chi connectivity index (χ3n) is 2.66. The second-order valence-electron chi connectivity index (χ2n) is 4.11. The molecule has 0 bridgehead atoms. The summed E-state index contributed by atoms with van der Waals surface area (Å²) in [6, 6.07) is 8.55. The minimum atomic E-state index is 0.857. The number of aromatic amines is 1. The Bertz CT molecular complexity index is 460. The topological polar surface area (TPSA) is 40.7 Å². The molecule has 0 unspecified atom stereocenters. The number of aromatic nitrogens is 2. The summed E-state index contributed by atoms with van der Waals surface area (Å²) in [6.07, 6.45) is 1.87. The van der Waals surface area contributed by atoms with Crippen molar-refractivity contribution < 1.29 is 0 Å². The Morgan fingerprint density at radius 1 is 1.25 bits per heavy atom. The summed E-state index contributed by atoms with van der Waals surface area (Å²) in [5, 5.41) is 10.3. The first-order chi connectivity index (χ1) is 7.75. The Balaban J connectivity index is 1.87. The molecule has 16 heavy (non-hydrogen) atoms. The van der Waals surface area contributed by atoms with Gasteiger partial charge in [-0.1, -0.05) is 29.8 Å². The Labute approximate surface area is 95.9 Å². The number of hydrogen-bond donors (Lipinski definition) is 2. The summed E-state index contributed by atoms with van der Waals surface area (Å²) in [4.78, 5) is 0. The van der Waals surface area contributed by atoms with E-state index in [9.17, 15) is 0 Å². The molecule has 0 saturated heterocycles. The molecule has 0 atom stereocenters. The molecule has 0 aliphatic rings. The van der Waals surface area contributed by atoms with Crippen molar-refractivity contribution in [3.8, 4) is 0 Å². The maximum atomic E-state index is 4.00. The maximum absolute atomic E-state index is 4.00. The molecule has 0 fully saturated rings. The molecule has 3 nitrogen and oxygen atoms in total. The largest absolute Gasteiger partial charge is 0.308 e. The monoisotopic (exact) mass is 215 g/mol. The van der Waals surface area contributed by atoms with Crippen molar-refractivity contribution in [3.63, 3.8) is 0 Å². The highest BCUT2D eigenvalue weighted by Gasteiger charge is 1.99. The first-order valence-electron chi connectivity index (χ1n) is 5.51. The van der Waals surface area contributed by atoms with Gasteiger partial charge in [-0.15, -0.1) is 0 Å². The SMILES string of the molecule is Cc1cccc(CNCc2cn[nH]c2C)c1. The number of aryl methyl sites for hydroxylation is 2. The summed E-state index contributed by atoms with van der Waals surface area (Å²) in [5.41, 5.74) is 4.99. The van der Waals surface area contributed by atoms with Gasteiger partial charge < -0.3 is 5.32 Å². The zero-order valence-corrected chi connectivity index (χ0v) is 9.75. The zero-order valence-electron chi connectivity index (χ0n) is 9.75. The molecule has 3 heteroatoms. The van der Waals surface area contributed by atoms with Crippen molar-refractivity contribution in [1.29, 1.82) is 0 Å². The lowest BCUT2D eigenvalue weighted by Gasteiger charge is -2.05. The van der Waals surface area contributed by atoms with E-state index in [2.05, 4.69) is 46.7 Å². The van der Waals surface area contributed by atoms with Crippen molar-refractivity contribution in [1.82, 2.24) is 15.5 Å². The first-order valence-corrected chi connectivity index (χ1v) is 5.51. The minimum Gasteiger partial charge on any atom is -0.308 e. The maximum Gasteiger partial charge on any atom is 0.0535 e. The molecule has 0 aliphatic carbocycles. The number of hydrogen-bond acceptors (Lipinski definition) is 2. The average molecular weight is 215 g/mol. The summed E-state index contributed by atoms with van der Waals surface area (Å²) >= 11 is 0. The van der Waals surface area contributed by atoms with Crippen LogP contribution in [0, 0.1) is 13.8 Å². The summed E-state index contributed by atoms with van der Waals surface area (Å²) in [7, 11) is 0. The van der Waals surface area contributed by atoms with Gasteiger partial charge >= 0.3 is 0 Å². The molecule has 2 rings (SSSR count). The van der Waals surface area contributed by atoms with Crippen LogP contribution in [0.4, 0.5) is 0 Å². The predicted octanol–water partition coefficient (Wildman–Crippen LogP) is 2.32. The van der Waals surface area contributed by atoms with Gasteiger partial charge in [-0.3, -0.25) is 5.10 Å². The van der Waals surface area contributed by atoms with Gasteiger partial charge in [0, 0.05) is 24.3 Å². The molecule has 0 spiro atoms. The van der Waals surface area contributed by atoms with Gasteiger partial charge in [-0.25, -0.2) is 0 Å². The normalized spacial score (nSPS) is 10.6. The summed E-state index contributed by atoms with van der Waals surface area (Å²) < 4.78 is 0. The van der Waals surface area contributed by atoms with Crippen molar-refractivity contribution >= 4 is 0 Å². The molecular weight excluding hydrogens is 198 g/mol. The van der Waals surface area contributed by atoms with Gasteiger partial charge in [0.05, 0.1) is 6.20 Å². The van der Waals surface area contributed by atoms with Crippen LogP contribution in [0.25, 0.3) is 0 Å². The van der Waals surface area contributed by atoms with Crippen molar-refractivity contribution in [3.05, 3.63) is 52.8 Å². The van der Waals surface area contributed by atoms with E-state index in [0.717, 1.165) is 18.8 Å². The average Bonchev–Trinajstić information content (AvgIpc) is 2.65. The molecule has 0 amide bonds. The highest BCUT2D eigenvalue weighted by atomic mass is 15.1. The van der Waals surface area contributed by atoms with Gasteiger partial charge in [0.25, 0.3) is 0 Å². The second-order valence-corrected chi connectivity index (χ2v) is 4.11. The van der Waals surface area contributed by atoms with Gasteiger partial charge in [0.2, 0.25) is 0 Å². The number of nitrogens with zero attached hydrogens (tertiary/aromatic N) is 1. The molecule has 2 N–H and O–H groups in total. The van der Waals surface area contributed by atoms with E-state index in [0.29, 0.717) is 0 Å². The van der Waals surface area contributed by atoms with E-state index in [1.807, 2.05) is 13.1 Å². The molecule has 1 aromatic carbocycles. The van der Waals surface area contributed by atoms with Crippen LogP contribution in [0.15, 0.2) is 30.5 Å². The van der Waals surface area contributed by atoms with E-state index in [4.69, 9.17) is 0 Å². The summed E-state index contributed by atoms with van der Waals surface area (Å²) in [5.74, 6) is 0. The van der Waals surface area contributed by atoms with E-state index >= 15 is 0 Å². The van der Waals surface area contributed by atoms with Crippen LogP contribution in [0.3, 0.4) is 0 Å². The molecular formula is C13H17N3. The smallest absolute Gasteiger partial charge is 0.0535 e. The molecule has 0 radical (unpaired) electrons. The van der Waals surface area contributed by atoms with E-state index in [-0.39, 0.29) is 0 Å². The fourth-order valence-electron chi connectivity index (χ4n) is 1.72. The first kappa shape index (κ1) is 10.9.